The van der Waals surface area contributed by atoms with Gasteiger partial charge in [-0.25, -0.2) is 4.39 Å². The van der Waals surface area contributed by atoms with E-state index in [-0.39, 0.29) is 5.75 Å². The standard InChI is InChI=1S/C17H20FNO2/c1-10-7-11(2)16(15(8-10)21-4)17(19)12-5-6-13(18)14(9-12)20-3/h5-9,17H,19H2,1-4H3. The number of methoxy groups -OCH3 is 2. The van der Waals surface area contributed by atoms with Crippen LogP contribution >= 0.6 is 0 Å². The second-order valence-corrected chi connectivity index (χ2v) is 5.07. The Hall–Kier alpha value is -2.07. The summed E-state index contributed by atoms with van der Waals surface area (Å²) < 4.78 is 24.0. The van der Waals surface area contributed by atoms with Crippen molar-refractivity contribution in [1.82, 2.24) is 0 Å². The Balaban J connectivity index is 2.52. The molecule has 2 N–H and O–H groups in total. The quantitative estimate of drug-likeness (QED) is 0.936. The SMILES string of the molecule is COc1cc(C(N)c2c(C)cc(C)cc2OC)ccc1F. The first-order valence-corrected chi connectivity index (χ1v) is 6.72. The summed E-state index contributed by atoms with van der Waals surface area (Å²) in [5.74, 6) is 0.524. The van der Waals surface area contributed by atoms with Gasteiger partial charge < -0.3 is 15.2 Å². The lowest BCUT2D eigenvalue weighted by Gasteiger charge is -2.20. The van der Waals surface area contributed by atoms with E-state index < -0.39 is 11.9 Å². The Morgan fingerprint density at radius 1 is 1.00 bits per heavy atom. The molecule has 2 aromatic rings. The number of benzene rings is 2. The summed E-state index contributed by atoms with van der Waals surface area (Å²) in [7, 11) is 3.06. The van der Waals surface area contributed by atoms with Gasteiger partial charge in [0.15, 0.2) is 11.6 Å². The molecule has 0 aliphatic carbocycles. The predicted octanol–water partition coefficient (Wildman–Crippen LogP) is 3.51. The van der Waals surface area contributed by atoms with Crippen LogP contribution in [-0.2, 0) is 0 Å². The van der Waals surface area contributed by atoms with Gasteiger partial charge in [0.2, 0.25) is 0 Å². The molecule has 3 nitrogen and oxygen atoms in total. The van der Waals surface area contributed by atoms with Crippen molar-refractivity contribution < 1.29 is 13.9 Å². The summed E-state index contributed by atoms with van der Waals surface area (Å²) in [6, 6.07) is 8.25. The Morgan fingerprint density at radius 2 is 1.67 bits per heavy atom. The topological polar surface area (TPSA) is 44.5 Å². The minimum Gasteiger partial charge on any atom is -0.496 e. The Labute approximate surface area is 124 Å². The maximum atomic E-state index is 13.5. The van der Waals surface area contributed by atoms with Crippen LogP contribution in [0, 0.1) is 19.7 Å². The van der Waals surface area contributed by atoms with E-state index in [1.54, 1.807) is 19.2 Å². The third-order valence-electron chi connectivity index (χ3n) is 3.56. The van der Waals surface area contributed by atoms with Crippen molar-refractivity contribution >= 4 is 0 Å². The average Bonchev–Trinajstić information content (AvgIpc) is 2.46. The van der Waals surface area contributed by atoms with Gasteiger partial charge in [-0.05, 0) is 48.7 Å². The highest BCUT2D eigenvalue weighted by Crippen LogP contribution is 2.34. The number of halogens is 1. The molecule has 0 aromatic heterocycles. The molecule has 1 unspecified atom stereocenters. The molecule has 0 saturated heterocycles. The molecular weight excluding hydrogens is 269 g/mol. The Kier molecular flexibility index (Phi) is 4.48. The third kappa shape index (κ3) is 3.00. The number of hydrogen-bond acceptors (Lipinski definition) is 3. The van der Waals surface area contributed by atoms with Gasteiger partial charge in [0, 0.05) is 5.56 Å². The predicted molar refractivity (Wildman–Crippen MR) is 81.5 cm³/mol. The van der Waals surface area contributed by atoms with Gasteiger partial charge in [0.25, 0.3) is 0 Å². The number of nitrogens with two attached hydrogens (primary N) is 1. The van der Waals surface area contributed by atoms with E-state index in [0.717, 1.165) is 28.0 Å². The van der Waals surface area contributed by atoms with Crippen molar-refractivity contribution in [1.29, 1.82) is 0 Å². The van der Waals surface area contributed by atoms with Gasteiger partial charge in [-0.1, -0.05) is 12.1 Å². The lowest BCUT2D eigenvalue weighted by atomic mass is 9.93. The maximum absolute atomic E-state index is 13.5. The molecule has 4 heteroatoms. The molecule has 112 valence electrons. The van der Waals surface area contributed by atoms with Gasteiger partial charge in [-0.3, -0.25) is 0 Å². The molecule has 0 aliphatic heterocycles. The first-order valence-electron chi connectivity index (χ1n) is 6.72. The largest absolute Gasteiger partial charge is 0.496 e. The summed E-state index contributed by atoms with van der Waals surface area (Å²) in [5, 5.41) is 0. The number of rotatable bonds is 4. The fourth-order valence-corrected chi connectivity index (χ4v) is 2.54. The molecule has 21 heavy (non-hydrogen) atoms. The zero-order chi connectivity index (χ0) is 15.6. The monoisotopic (exact) mass is 289 g/mol. The second-order valence-electron chi connectivity index (χ2n) is 5.07. The molecular formula is C17H20FNO2. The molecule has 0 heterocycles. The van der Waals surface area contributed by atoms with Crippen LogP contribution in [-0.4, -0.2) is 14.2 Å². The smallest absolute Gasteiger partial charge is 0.165 e. The van der Waals surface area contributed by atoms with E-state index >= 15 is 0 Å². The van der Waals surface area contributed by atoms with Crippen LogP contribution in [0.2, 0.25) is 0 Å². The van der Waals surface area contributed by atoms with Gasteiger partial charge in [0.05, 0.1) is 20.3 Å². The Morgan fingerprint density at radius 3 is 2.29 bits per heavy atom. The lowest BCUT2D eigenvalue weighted by Crippen LogP contribution is -2.15. The molecule has 0 radical (unpaired) electrons. The van der Waals surface area contributed by atoms with E-state index in [9.17, 15) is 4.39 Å². The summed E-state index contributed by atoms with van der Waals surface area (Å²) >= 11 is 0. The number of ether oxygens (including phenoxy) is 2. The zero-order valence-corrected chi connectivity index (χ0v) is 12.7. The normalized spacial score (nSPS) is 12.1. The maximum Gasteiger partial charge on any atom is 0.165 e. The molecule has 0 saturated carbocycles. The van der Waals surface area contributed by atoms with Crippen LogP contribution in [0.25, 0.3) is 0 Å². The van der Waals surface area contributed by atoms with Crippen molar-refractivity contribution in [2.75, 3.05) is 14.2 Å². The van der Waals surface area contributed by atoms with Crippen molar-refractivity contribution in [2.45, 2.75) is 19.9 Å². The summed E-state index contributed by atoms with van der Waals surface area (Å²) in [6.45, 7) is 4.00. The molecule has 0 bridgehead atoms. The summed E-state index contributed by atoms with van der Waals surface area (Å²) in [4.78, 5) is 0. The van der Waals surface area contributed by atoms with Gasteiger partial charge in [-0.2, -0.15) is 0 Å². The first kappa shape index (κ1) is 15.3. The minimum absolute atomic E-state index is 0.187. The van der Waals surface area contributed by atoms with Crippen molar-refractivity contribution in [3.63, 3.8) is 0 Å². The zero-order valence-electron chi connectivity index (χ0n) is 12.7. The van der Waals surface area contributed by atoms with E-state index in [1.165, 1.54) is 13.2 Å². The van der Waals surface area contributed by atoms with Gasteiger partial charge >= 0.3 is 0 Å². The molecule has 0 spiro atoms. The van der Waals surface area contributed by atoms with Crippen LogP contribution in [0.15, 0.2) is 30.3 Å². The summed E-state index contributed by atoms with van der Waals surface area (Å²) in [5.41, 5.74) is 10.2. The highest BCUT2D eigenvalue weighted by Gasteiger charge is 2.18. The van der Waals surface area contributed by atoms with Crippen LogP contribution in [0.3, 0.4) is 0 Å². The van der Waals surface area contributed by atoms with Crippen molar-refractivity contribution in [3.8, 4) is 11.5 Å². The van der Waals surface area contributed by atoms with Crippen molar-refractivity contribution in [3.05, 3.63) is 58.4 Å². The fraction of sp³-hybridized carbons (Fsp3) is 0.294. The van der Waals surface area contributed by atoms with E-state index in [1.807, 2.05) is 19.9 Å². The highest BCUT2D eigenvalue weighted by molar-refractivity contribution is 5.49. The number of aryl methyl sites for hydroxylation is 2. The third-order valence-corrected chi connectivity index (χ3v) is 3.56. The average molecular weight is 289 g/mol. The van der Waals surface area contributed by atoms with Crippen molar-refractivity contribution in [2.24, 2.45) is 5.73 Å². The molecule has 0 fully saturated rings. The second kappa shape index (κ2) is 6.14. The first-order chi connectivity index (χ1) is 9.97. The molecule has 1 atom stereocenters. The van der Waals surface area contributed by atoms with Crippen LogP contribution in [0.1, 0.15) is 28.3 Å². The minimum atomic E-state index is -0.407. The van der Waals surface area contributed by atoms with Crippen LogP contribution in [0.4, 0.5) is 4.39 Å². The number of hydrogen-bond donors (Lipinski definition) is 1. The Bertz CT molecular complexity index is 655. The molecule has 2 aromatic carbocycles. The van der Waals surface area contributed by atoms with Gasteiger partial charge in [-0.15, -0.1) is 0 Å². The highest BCUT2D eigenvalue weighted by atomic mass is 19.1. The van der Waals surface area contributed by atoms with Gasteiger partial charge in [0.1, 0.15) is 5.75 Å². The van der Waals surface area contributed by atoms with E-state index in [2.05, 4.69) is 6.07 Å². The lowest BCUT2D eigenvalue weighted by molar-refractivity contribution is 0.385. The molecule has 0 amide bonds. The molecule has 0 aliphatic rings. The van der Waals surface area contributed by atoms with E-state index in [4.69, 9.17) is 15.2 Å². The fourth-order valence-electron chi connectivity index (χ4n) is 2.54. The van der Waals surface area contributed by atoms with Crippen LogP contribution < -0.4 is 15.2 Å². The molecule has 2 rings (SSSR count). The van der Waals surface area contributed by atoms with E-state index in [0.29, 0.717) is 0 Å². The van der Waals surface area contributed by atoms with Crippen LogP contribution in [0.5, 0.6) is 11.5 Å². The summed E-state index contributed by atoms with van der Waals surface area (Å²) in [6.07, 6.45) is 0.